The van der Waals surface area contributed by atoms with Crippen molar-refractivity contribution < 1.29 is 9.59 Å². The minimum Gasteiger partial charge on any atom is -0.352 e. The third-order valence-electron chi connectivity index (χ3n) is 5.16. The van der Waals surface area contributed by atoms with E-state index in [0.717, 1.165) is 36.8 Å². The molecule has 0 unspecified atom stereocenters. The molecule has 0 saturated heterocycles. The van der Waals surface area contributed by atoms with Crippen molar-refractivity contribution in [2.24, 2.45) is 5.41 Å². The fourth-order valence-corrected chi connectivity index (χ4v) is 3.75. The molecule has 142 valence electrons. The fraction of sp³-hybridized carbons (Fsp3) is 0.429. The highest BCUT2D eigenvalue weighted by molar-refractivity contribution is 5.80. The van der Waals surface area contributed by atoms with Gasteiger partial charge in [0.15, 0.2) is 0 Å². The number of hydrogen-bond acceptors (Lipinski definition) is 4. The summed E-state index contributed by atoms with van der Waals surface area (Å²) < 4.78 is 0. The molecule has 2 N–H and O–H groups in total. The van der Waals surface area contributed by atoms with Crippen LogP contribution in [0.1, 0.15) is 49.7 Å². The molecule has 0 bridgehead atoms. The first-order valence-electron chi connectivity index (χ1n) is 9.46. The Morgan fingerprint density at radius 3 is 1.74 bits per heavy atom. The Morgan fingerprint density at radius 2 is 1.33 bits per heavy atom. The first-order chi connectivity index (χ1) is 13.2. The Balaban J connectivity index is 1.50. The number of amides is 2. The minimum atomic E-state index is -0.224. The lowest BCUT2D eigenvalue weighted by atomic mass is 9.79. The largest absolute Gasteiger partial charge is 0.352 e. The third-order valence-corrected chi connectivity index (χ3v) is 5.16. The van der Waals surface area contributed by atoms with Gasteiger partial charge in [0.05, 0.1) is 0 Å². The molecule has 3 rings (SSSR count). The molecule has 0 spiro atoms. The highest BCUT2D eigenvalue weighted by Gasteiger charge is 2.37. The second-order valence-corrected chi connectivity index (χ2v) is 7.34. The van der Waals surface area contributed by atoms with Gasteiger partial charge in [-0.05, 0) is 41.5 Å². The number of pyridine rings is 2. The number of nitrogens with one attached hydrogen (secondary N) is 2. The maximum absolute atomic E-state index is 12.5. The third kappa shape index (κ3) is 5.88. The number of carbonyl (C=O) groups is 2. The van der Waals surface area contributed by atoms with Crippen LogP contribution in [-0.4, -0.2) is 21.8 Å². The number of nitrogens with zero attached hydrogens (tertiary/aromatic N) is 2. The van der Waals surface area contributed by atoms with Crippen molar-refractivity contribution in [2.75, 3.05) is 0 Å². The summed E-state index contributed by atoms with van der Waals surface area (Å²) in [5, 5.41) is 5.93. The summed E-state index contributed by atoms with van der Waals surface area (Å²) in [4.78, 5) is 33.0. The summed E-state index contributed by atoms with van der Waals surface area (Å²) in [5.41, 5.74) is 1.72. The van der Waals surface area contributed by atoms with Crippen molar-refractivity contribution in [3.05, 3.63) is 60.2 Å². The zero-order valence-electron chi connectivity index (χ0n) is 15.5. The predicted octanol–water partition coefficient (Wildman–Crippen LogP) is 2.75. The summed E-state index contributed by atoms with van der Waals surface area (Å²) in [6, 6.07) is 7.58. The molecule has 0 aliphatic heterocycles. The molecule has 2 aromatic rings. The van der Waals surface area contributed by atoms with Crippen molar-refractivity contribution >= 4 is 11.8 Å². The Morgan fingerprint density at radius 1 is 0.852 bits per heavy atom. The number of carbonyl (C=O) groups excluding carboxylic acids is 2. The van der Waals surface area contributed by atoms with Crippen LogP contribution in [-0.2, 0) is 22.7 Å². The highest BCUT2D eigenvalue weighted by Crippen LogP contribution is 2.44. The monoisotopic (exact) mass is 366 g/mol. The van der Waals surface area contributed by atoms with Crippen LogP contribution >= 0.6 is 0 Å². The smallest absolute Gasteiger partial charge is 0.220 e. The SMILES string of the molecule is O=C(CC1(CC(=O)NCc2cccnc2)CCCC1)NCc1cccnc1. The standard InChI is InChI=1S/C21H26N4O2/c26-19(24-15-17-5-3-9-22-13-17)11-21(7-1-2-8-21)12-20(27)25-16-18-6-4-10-23-14-18/h3-6,9-10,13-14H,1-2,7-8,11-12,15-16H2,(H,24,26)(H,25,27). The van der Waals surface area contributed by atoms with E-state index in [1.807, 2.05) is 24.3 Å². The van der Waals surface area contributed by atoms with Gasteiger partial charge in [0.1, 0.15) is 0 Å². The van der Waals surface area contributed by atoms with E-state index >= 15 is 0 Å². The molecular formula is C21H26N4O2. The van der Waals surface area contributed by atoms with Crippen LogP contribution in [0.3, 0.4) is 0 Å². The second kappa shape index (κ2) is 9.26. The molecule has 1 saturated carbocycles. The zero-order valence-corrected chi connectivity index (χ0v) is 15.5. The normalized spacial score (nSPS) is 15.3. The van der Waals surface area contributed by atoms with Crippen LogP contribution < -0.4 is 10.6 Å². The lowest BCUT2D eigenvalue weighted by Crippen LogP contribution is -2.35. The summed E-state index contributed by atoms with van der Waals surface area (Å²) >= 11 is 0. The Kier molecular flexibility index (Phi) is 6.52. The molecule has 1 fully saturated rings. The second-order valence-electron chi connectivity index (χ2n) is 7.34. The van der Waals surface area contributed by atoms with Gasteiger partial charge in [0.25, 0.3) is 0 Å². The van der Waals surface area contributed by atoms with E-state index in [-0.39, 0.29) is 17.2 Å². The van der Waals surface area contributed by atoms with Gasteiger partial charge in [0, 0.05) is 50.7 Å². The van der Waals surface area contributed by atoms with Gasteiger partial charge < -0.3 is 10.6 Å². The molecule has 6 nitrogen and oxygen atoms in total. The summed E-state index contributed by atoms with van der Waals surface area (Å²) in [6.07, 6.45) is 11.7. The van der Waals surface area contributed by atoms with Crippen molar-refractivity contribution in [2.45, 2.75) is 51.6 Å². The van der Waals surface area contributed by atoms with E-state index in [1.165, 1.54) is 0 Å². The van der Waals surface area contributed by atoms with Crippen molar-refractivity contribution in [1.82, 2.24) is 20.6 Å². The lowest BCUT2D eigenvalue weighted by molar-refractivity contribution is -0.126. The predicted molar refractivity (Wildman–Crippen MR) is 102 cm³/mol. The summed E-state index contributed by atoms with van der Waals surface area (Å²) in [5.74, 6) is 0.00150. The highest BCUT2D eigenvalue weighted by atomic mass is 16.2. The zero-order chi connectivity index (χ0) is 19.0. The van der Waals surface area contributed by atoms with Crippen LogP contribution in [0.2, 0.25) is 0 Å². The van der Waals surface area contributed by atoms with Gasteiger partial charge in [0.2, 0.25) is 11.8 Å². The van der Waals surface area contributed by atoms with E-state index in [4.69, 9.17) is 0 Å². The number of hydrogen-bond donors (Lipinski definition) is 2. The molecule has 0 radical (unpaired) electrons. The molecule has 27 heavy (non-hydrogen) atoms. The maximum atomic E-state index is 12.5. The van der Waals surface area contributed by atoms with E-state index in [9.17, 15) is 9.59 Å². The van der Waals surface area contributed by atoms with Gasteiger partial charge >= 0.3 is 0 Å². The summed E-state index contributed by atoms with van der Waals surface area (Å²) in [7, 11) is 0. The molecule has 0 aromatic carbocycles. The summed E-state index contributed by atoms with van der Waals surface area (Å²) in [6.45, 7) is 0.936. The Hall–Kier alpha value is -2.76. The first-order valence-corrected chi connectivity index (χ1v) is 9.46. The van der Waals surface area contributed by atoms with Gasteiger partial charge in [-0.2, -0.15) is 0 Å². The fourth-order valence-electron chi connectivity index (χ4n) is 3.75. The molecule has 2 amide bonds. The average Bonchev–Trinajstić information content (AvgIpc) is 3.14. The Labute approximate surface area is 159 Å². The van der Waals surface area contributed by atoms with Crippen LogP contribution in [0.5, 0.6) is 0 Å². The average molecular weight is 366 g/mol. The lowest BCUT2D eigenvalue weighted by Gasteiger charge is -2.27. The van der Waals surface area contributed by atoms with Crippen LogP contribution in [0.4, 0.5) is 0 Å². The van der Waals surface area contributed by atoms with E-state index < -0.39 is 0 Å². The molecule has 6 heteroatoms. The molecule has 2 heterocycles. The van der Waals surface area contributed by atoms with E-state index in [0.29, 0.717) is 25.9 Å². The number of rotatable bonds is 8. The van der Waals surface area contributed by atoms with Crippen LogP contribution in [0.15, 0.2) is 49.1 Å². The van der Waals surface area contributed by atoms with Crippen molar-refractivity contribution in [1.29, 1.82) is 0 Å². The minimum absolute atomic E-state index is 0.000752. The number of aromatic nitrogens is 2. The molecule has 1 aliphatic rings. The quantitative estimate of drug-likeness (QED) is 0.752. The topological polar surface area (TPSA) is 84.0 Å². The van der Waals surface area contributed by atoms with Gasteiger partial charge in [-0.1, -0.05) is 25.0 Å². The van der Waals surface area contributed by atoms with Gasteiger partial charge in [-0.25, -0.2) is 0 Å². The van der Waals surface area contributed by atoms with Crippen molar-refractivity contribution in [3.8, 4) is 0 Å². The molecular weight excluding hydrogens is 340 g/mol. The first kappa shape index (κ1) is 19.0. The van der Waals surface area contributed by atoms with Crippen molar-refractivity contribution in [3.63, 3.8) is 0 Å². The van der Waals surface area contributed by atoms with Crippen LogP contribution in [0.25, 0.3) is 0 Å². The van der Waals surface area contributed by atoms with Gasteiger partial charge in [-0.15, -0.1) is 0 Å². The van der Waals surface area contributed by atoms with Gasteiger partial charge in [-0.3, -0.25) is 19.6 Å². The van der Waals surface area contributed by atoms with E-state index in [1.54, 1.807) is 24.8 Å². The molecule has 2 aromatic heterocycles. The molecule has 0 atom stereocenters. The van der Waals surface area contributed by atoms with E-state index in [2.05, 4.69) is 20.6 Å². The van der Waals surface area contributed by atoms with Crippen LogP contribution in [0, 0.1) is 5.41 Å². The Bertz CT molecular complexity index is 684. The molecule has 1 aliphatic carbocycles. The maximum Gasteiger partial charge on any atom is 0.220 e.